The lowest BCUT2D eigenvalue weighted by Gasteiger charge is -2.22. The van der Waals surface area contributed by atoms with Crippen LogP contribution in [0.4, 0.5) is 4.39 Å². The molecule has 0 bridgehead atoms. The molecule has 2 N–H and O–H groups in total. The van der Waals surface area contributed by atoms with Crippen LogP contribution < -0.4 is 20.1 Å². The number of thiocarbonyl (C=S) groups is 1. The van der Waals surface area contributed by atoms with Gasteiger partial charge in [0.2, 0.25) is 5.91 Å². The minimum atomic E-state index is -0.335. The first-order valence-electron chi connectivity index (χ1n) is 10.2. The number of amides is 1. The standard InChI is InChI=1S/C23H28FN3O3S/c1-4-25-23(31)27-13-18(17-6-5-7-20(29-2)21(17)30-3)19(14-27)22(28)26-12-15-8-10-16(24)11-9-15/h5-11,18-19H,4,12-14H2,1-3H3,(H,25,31)(H,26,28)/t18-,19+/m0/s1. The number of carbonyl (C=O) groups is 1. The van der Waals surface area contributed by atoms with Crippen molar-refractivity contribution in [2.75, 3.05) is 33.9 Å². The molecule has 31 heavy (non-hydrogen) atoms. The molecule has 6 nitrogen and oxygen atoms in total. The predicted molar refractivity (Wildman–Crippen MR) is 122 cm³/mol. The summed E-state index contributed by atoms with van der Waals surface area (Å²) in [6.07, 6.45) is 0. The van der Waals surface area contributed by atoms with Gasteiger partial charge in [0, 0.05) is 37.7 Å². The first-order valence-corrected chi connectivity index (χ1v) is 10.6. The highest BCUT2D eigenvalue weighted by Crippen LogP contribution is 2.42. The number of nitrogens with one attached hydrogen (secondary N) is 2. The smallest absolute Gasteiger partial charge is 0.225 e. The quantitative estimate of drug-likeness (QED) is 0.639. The van der Waals surface area contributed by atoms with Crippen molar-refractivity contribution in [1.82, 2.24) is 15.5 Å². The molecule has 1 fully saturated rings. The Hall–Kier alpha value is -2.87. The number of likely N-dealkylation sites (tertiary alicyclic amines) is 1. The Morgan fingerprint density at radius 1 is 1.13 bits per heavy atom. The van der Waals surface area contributed by atoms with Crippen molar-refractivity contribution in [2.45, 2.75) is 19.4 Å². The summed E-state index contributed by atoms with van der Waals surface area (Å²) in [5, 5.41) is 6.79. The molecule has 1 aliphatic rings. The minimum absolute atomic E-state index is 0.0824. The van der Waals surface area contributed by atoms with E-state index in [1.807, 2.05) is 30.0 Å². The Kier molecular flexibility index (Phi) is 7.68. The van der Waals surface area contributed by atoms with E-state index in [0.717, 1.165) is 11.1 Å². The molecular formula is C23H28FN3O3S. The third-order valence-corrected chi connectivity index (χ3v) is 5.89. The Bertz CT molecular complexity index is 923. The van der Waals surface area contributed by atoms with Gasteiger partial charge < -0.3 is 25.0 Å². The van der Waals surface area contributed by atoms with Gasteiger partial charge in [0.1, 0.15) is 5.82 Å². The third-order valence-electron chi connectivity index (χ3n) is 5.48. The van der Waals surface area contributed by atoms with Gasteiger partial charge in [0.05, 0.1) is 20.1 Å². The molecule has 0 radical (unpaired) electrons. The van der Waals surface area contributed by atoms with Crippen LogP contribution >= 0.6 is 12.2 Å². The Morgan fingerprint density at radius 2 is 1.87 bits per heavy atom. The van der Waals surface area contributed by atoms with Gasteiger partial charge in [-0.25, -0.2) is 4.39 Å². The lowest BCUT2D eigenvalue weighted by molar-refractivity contribution is -0.125. The van der Waals surface area contributed by atoms with Crippen molar-refractivity contribution in [3.8, 4) is 11.5 Å². The number of hydrogen-bond donors (Lipinski definition) is 2. The van der Waals surface area contributed by atoms with Crippen molar-refractivity contribution in [2.24, 2.45) is 5.92 Å². The van der Waals surface area contributed by atoms with Crippen molar-refractivity contribution < 1.29 is 18.7 Å². The van der Waals surface area contributed by atoms with E-state index < -0.39 is 0 Å². The Balaban J connectivity index is 1.85. The number of para-hydroxylation sites is 1. The third kappa shape index (κ3) is 5.25. The normalized spacial score (nSPS) is 17.9. The van der Waals surface area contributed by atoms with Gasteiger partial charge in [0.25, 0.3) is 0 Å². The number of ether oxygens (including phenoxy) is 2. The Labute approximate surface area is 187 Å². The van der Waals surface area contributed by atoms with E-state index in [-0.39, 0.29) is 23.6 Å². The van der Waals surface area contributed by atoms with Crippen LogP contribution in [-0.4, -0.2) is 49.8 Å². The summed E-state index contributed by atoms with van der Waals surface area (Å²) in [6, 6.07) is 11.8. The van der Waals surface area contributed by atoms with Gasteiger partial charge in [-0.15, -0.1) is 0 Å². The summed E-state index contributed by atoms with van der Waals surface area (Å²) >= 11 is 5.51. The largest absolute Gasteiger partial charge is 0.493 e. The molecule has 2 aromatic rings. The monoisotopic (exact) mass is 445 g/mol. The second-order valence-electron chi connectivity index (χ2n) is 7.38. The number of nitrogens with zero attached hydrogens (tertiary/aromatic N) is 1. The lowest BCUT2D eigenvalue weighted by atomic mass is 9.87. The molecule has 0 saturated carbocycles. The first kappa shape index (κ1) is 22.8. The van der Waals surface area contributed by atoms with Crippen molar-refractivity contribution in [1.29, 1.82) is 0 Å². The van der Waals surface area contributed by atoms with Crippen molar-refractivity contribution >= 4 is 23.2 Å². The fourth-order valence-corrected chi connectivity index (χ4v) is 4.23. The molecule has 1 amide bonds. The highest BCUT2D eigenvalue weighted by atomic mass is 32.1. The summed E-state index contributed by atoms with van der Waals surface area (Å²) in [5.74, 6) is 0.401. The molecule has 0 aliphatic carbocycles. The summed E-state index contributed by atoms with van der Waals surface area (Å²) in [7, 11) is 3.19. The van der Waals surface area contributed by atoms with Gasteiger partial charge in [-0.3, -0.25) is 4.79 Å². The van der Waals surface area contributed by atoms with E-state index in [9.17, 15) is 9.18 Å². The van der Waals surface area contributed by atoms with E-state index in [1.165, 1.54) is 12.1 Å². The van der Waals surface area contributed by atoms with Crippen LogP contribution in [0, 0.1) is 11.7 Å². The second-order valence-corrected chi connectivity index (χ2v) is 7.77. The van der Waals surface area contributed by atoms with E-state index >= 15 is 0 Å². The topological polar surface area (TPSA) is 62.8 Å². The average molecular weight is 446 g/mol. The zero-order valence-electron chi connectivity index (χ0n) is 18.0. The van der Waals surface area contributed by atoms with Gasteiger partial charge in [-0.1, -0.05) is 24.3 Å². The molecular weight excluding hydrogens is 417 g/mol. The maximum atomic E-state index is 13.2. The maximum Gasteiger partial charge on any atom is 0.225 e. The van der Waals surface area contributed by atoms with E-state index in [0.29, 0.717) is 42.8 Å². The van der Waals surface area contributed by atoms with Gasteiger partial charge in [0.15, 0.2) is 16.6 Å². The molecule has 2 aromatic carbocycles. The van der Waals surface area contributed by atoms with Crippen LogP contribution in [0.3, 0.4) is 0 Å². The molecule has 0 unspecified atom stereocenters. The van der Waals surface area contributed by atoms with E-state index in [4.69, 9.17) is 21.7 Å². The van der Waals surface area contributed by atoms with Crippen LogP contribution in [0.25, 0.3) is 0 Å². The van der Waals surface area contributed by atoms with Crippen molar-refractivity contribution in [3.63, 3.8) is 0 Å². The SMILES string of the molecule is CCNC(=S)N1C[C@@H](C(=O)NCc2ccc(F)cc2)[C@H](c2cccc(OC)c2OC)C1. The predicted octanol–water partition coefficient (Wildman–Crippen LogP) is 3.07. The molecule has 0 aromatic heterocycles. The maximum absolute atomic E-state index is 13.2. The number of benzene rings is 2. The highest BCUT2D eigenvalue weighted by molar-refractivity contribution is 7.80. The summed E-state index contributed by atoms with van der Waals surface area (Å²) < 4.78 is 24.2. The molecule has 2 atom stereocenters. The van der Waals surface area contributed by atoms with Crippen LogP contribution in [0.1, 0.15) is 24.0 Å². The number of carbonyl (C=O) groups excluding carboxylic acids is 1. The summed E-state index contributed by atoms with van der Waals surface area (Å²) in [5.41, 5.74) is 1.74. The zero-order chi connectivity index (χ0) is 22.4. The van der Waals surface area contributed by atoms with Crippen LogP contribution in [0.15, 0.2) is 42.5 Å². The minimum Gasteiger partial charge on any atom is -0.493 e. The van der Waals surface area contributed by atoms with Crippen LogP contribution in [-0.2, 0) is 11.3 Å². The first-order chi connectivity index (χ1) is 15.0. The van der Waals surface area contributed by atoms with Crippen LogP contribution in [0.2, 0.25) is 0 Å². The highest BCUT2D eigenvalue weighted by Gasteiger charge is 2.41. The summed E-state index contributed by atoms with van der Waals surface area (Å²) in [6.45, 7) is 4.10. The molecule has 1 saturated heterocycles. The number of hydrogen-bond acceptors (Lipinski definition) is 4. The summed E-state index contributed by atoms with van der Waals surface area (Å²) in [4.78, 5) is 15.2. The zero-order valence-corrected chi connectivity index (χ0v) is 18.8. The van der Waals surface area contributed by atoms with Crippen molar-refractivity contribution in [3.05, 3.63) is 59.4 Å². The van der Waals surface area contributed by atoms with Crippen LogP contribution in [0.5, 0.6) is 11.5 Å². The fourth-order valence-electron chi connectivity index (χ4n) is 3.94. The number of rotatable bonds is 7. The van der Waals surface area contributed by atoms with E-state index in [2.05, 4.69) is 10.6 Å². The molecule has 0 spiro atoms. The number of methoxy groups -OCH3 is 2. The second kappa shape index (κ2) is 10.4. The molecule has 1 aliphatic heterocycles. The lowest BCUT2D eigenvalue weighted by Crippen LogP contribution is -2.39. The molecule has 8 heteroatoms. The molecule has 1 heterocycles. The molecule has 166 valence electrons. The van der Waals surface area contributed by atoms with E-state index in [1.54, 1.807) is 26.4 Å². The van der Waals surface area contributed by atoms with Gasteiger partial charge in [-0.2, -0.15) is 0 Å². The van der Waals surface area contributed by atoms with Gasteiger partial charge in [-0.05, 0) is 42.9 Å². The Morgan fingerprint density at radius 3 is 2.52 bits per heavy atom. The fraction of sp³-hybridized carbons (Fsp3) is 0.391. The van der Waals surface area contributed by atoms with Gasteiger partial charge >= 0.3 is 0 Å². The average Bonchev–Trinajstić information content (AvgIpc) is 3.23. The number of halogens is 1. The molecule has 3 rings (SSSR count).